The highest BCUT2D eigenvalue weighted by molar-refractivity contribution is 5.78. The Morgan fingerprint density at radius 1 is 1.13 bits per heavy atom. The number of nitrogens with zero attached hydrogens (tertiary/aromatic N) is 1. The predicted molar refractivity (Wildman–Crippen MR) is 108 cm³/mol. The van der Waals surface area contributed by atoms with Gasteiger partial charge in [0.05, 0.1) is 5.92 Å². The first kappa shape index (κ1) is 22.4. The maximum atomic E-state index is 12.9. The quantitative estimate of drug-likeness (QED) is 0.396. The van der Waals surface area contributed by atoms with Gasteiger partial charge < -0.3 is 9.47 Å². The average Bonchev–Trinajstić information content (AvgIpc) is 3.26. The van der Waals surface area contributed by atoms with Crippen molar-refractivity contribution in [3.63, 3.8) is 0 Å². The first-order valence-corrected chi connectivity index (χ1v) is 9.72. The number of allylic oxidation sites excluding steroid dienone is 2. The summed E-state index contributed by atoms with van der Waals surface area (Å²) in [5.74, 6) is -0.965. The van der Waals surface area contributed by atoms with Crippen LogP contribution in [0.1, 0.15) is 32.4 Å². The molecular weight excluding hydrogens is 407 g/mol. The summed E-state index contributed by atoms with van der Waals surface area (Å²) in [4.78, 5) is 12.7. The summed E-state index contributed by atoms with van der Waals surface area (Å²) < 4.78 is 49.7. The Morgan fingerprint density at radius 3 is 2.39 bits per heavy atom. The van der Waals surface area contributed by atoms with Gasteiger partial charge in [0, 0.05) is 11.1 Å². The molecule has 2 aromatic carbocycles. The summed E-state index contributed by atoms with van der Waals surface area (Å²) in [6.45, 7) is 4.39. The highest BCUT2D eigenvalue weighted by Crippen LogP contribution is 2.60. The first-order valence-electron chi connectivity index (χ1n) is 9.72. The van der Waals surface area contributed by atoms with Crippen molar-refractivity contribution in [3.05, 3.63) is 71.8 Å². The van der Waals surface area contributed by atoms with E-state index in [1.807, 2.05) is 24.3 Å². The largest absolute Gasteiger partial charge is 0.457 e. The SMILES string of the molecule is C/C(=C\[C@H]1[C@@H](C(=O)O[C@H](C#N)c2cccc(Oc3ccccc3)c2)C1(C)C)C(F)(F)F. The number of hydrogen-bond donors (Lipinski definition) is 0. The van der Waals surface area contributed by atoms with Crippen molar-refractivity contribution in [2.75, 3.05) is 0 Å². The zero-order valence-corrected chi connectivity index (χ0v) is 17.3. The molecule has 1 aliphatic carbocycles. The Balaban J connectivity index is 1.72. The highest BCUT2D eigenvalue weighted by Gasteiger charge is 2.62. The number of carbonyl (C=O) groups is 1. The van der Waals surface area contributed by atoms with Crippen molar-refractivity contribution in [2.45, 2.75) is 33.1 Å². The fourth-order valence-corrected chi connectivity index (χ4v) is 3.53. The van der Waals surface area contributed by atoms with Gasteiger partial charge in [-0.05, 0) is 42.5 Å². The van der Waals surface area contributed by atoms with E-state index in [9.17, 15) is 23.2 Å². The second kappa shape index (κ2) is 8.46. The molecule has 0 aromatic heterocycles. The van der Waals surface area contributed by atoms with Crippen LogP contribution in [0.5, 0.6) is 11.5 Å². The molecule has 0 amide bonds. The van der Waals surface area contributed by atoms with Gasteiger partial charge in [0.1, 0.15) is 17.6 Å². The highest BCUT2D eigenvalue weighted by atomic mass is 19.4. The van der Waals surface area contributed by atoms with Gasteiger partial charge in [-0.2, -0.15) is 18.4 Å². The van der Waals surface area contributed by atoms with Crippen LogP contribution in [0.15, 0.2) is 66.2 Å². The molecule has 2 aromatic rings. The van der Waals surface area contributed by atoms with E-state index in [0.717, 1.165) is 13.0 Å². The van der Waals surface area contributed by atoms with Crippen LogP contribution in [0, 0.1) is 28.6 Å². The summed E-state index contributed by atoms with van der Waals surface area (Å²) >= 11 is 0. The fraction of sp³-hybridized carbons (Fsp3) is 0.333. The van der Waals surface area contributed by atoms with Crippen molar-refractivity contribution >= 4 is 5.97 Å². The van der Waals surface area contributed by atoms with Crippen LogP contribution in [0.2, 0.25) is 0 Å². The van der Waals surface area contributed by atoms with E-state index in [1.165, 1.54) is 0 Å². The summed E-state index contributed by atoms with van der Waals surface area (Å²) in [5, 5.41) is 9.53. The summed E-state index contributed by atoms with van der Waals surface area (Å²) in [7, 11) is 0. The van der Waals surface area contributed by atoms with Crippen molar-refractivity contribution in [1.82, 2.24) is 0 Å². The smallest absolute Gasteiger partial charge is 0.412 e. The average molecular weight is 429 g/mol. The number of ether oxygens (including phenoxy) is 2. The number of benzene rings is 2. The number of rotatable bonds is 6. The molecule has 3 atom stereocenters. The molecule has 0 spiro atoms. The molecule has 162 valence electrons. The minimum Gasteiger partial charge on any atom is -0.457 e. The monoisotopic (exact) mass is 429 g/mol. The van der Waals surface area contributed by atoms with E-state index >= 15 is 0 Å². The third-order valence-corrected chi connectivity index (χ3v) is 5.53. The van der Waals surface area contributed by atoms with Gasteiger partial charge in [-0.3, -0.25) is 4.79 Å². The third kappa shape index (κ3) is 5.08. The molecule has 4 nitrogen and oxygen atoms in total. The van der Waals surface area contributed by atoms with Crippen molar-refractivity contribution < 1.29 is 27.4 Å². The van der Waals surface area contributed by atoms with E-state index < -0.39 is 41.1 Å². The molecule has 0 heterocycles. The van der Waals surface area contributed by atoms with E-state index in [-0.39, 0.29) is 0 Å². The van der Waals surface area contributed by atoms with Crippen LogP contribution < -0.4 is 4.74 Å². The maximum absolute atomic E-state index is 12.9. The molecule has 0 N–H and O–H groups in total. The number of alkyl halides is 3. The molecule has 0 aliphatic heterocycles. The van der Waals surface area contributed by atoms with Gasteiger partial charge in [0.25, 0.3) is 0 Å². The Bertz CT molecular complexity index is 1020. The second-order valence-corrected chi connectivity index (χ2v) is 8.11. The van der Waals surface area contributed by atoms with Gasteiger partial charge in [-0.25, -0.2) is 0 Å². The van der Waals surface area contributed by atoms with Crippen molar-refractivity contribution in [1.29, 1.82) is 5.26 Å². The van der Waals surface area contributed by atoms with E-state index in [2.05, 4.69) is 0 Å². The number of nitriles is 1. The van der Waals surface area contributed by atoms with Crippen LogP contribution in [0.4, 0.5) is 13.2 Å². The molecule has 0 unspecified atom stereocenters. The second-order valence-electron chi connectivity index (χ2n) is 8.11. The first-order chi connectivity index (χ1) is 14.5. The molecule has 31 heavy (non-hydrogen) atoms. The molecular formula is C24H22F3NO3. The van der Waals surface area contributed by atoms with Gasteiger partial charge in [-0.1, -0.05) is 50.3 Å². The van der Waals surface area contributed by atoms with E-state index in [4.69, 9.17) is 9.47 Å². The standard InChI is InChI=1S/C24H22F3NO3/c1-15(24(25,26)27)12-19-21(23(19,2)3)22(29)31-20(14-28)16-8-7-11-18(13-16)30-17-9-5-4-6-10-17/h4-13,19-21H,1-3H3/b15-12+/t19-,20+,21-/m0/s1. The van der Waals surface area contributed by atoms with Crippen molar-refractivity contribution in [3.8, 4) is 17.6 Å². The molecule has 1 fully saturated rings. The molecule has 0 radical (unpaired) electrons. The Morgan fingerprint density at radius 2 is 1.77 bits per heavy atom. The predicted octanol–water partition coefficient (Wildman–Crippen LogP) is 6.37. The van der Waals surface area contributed by atoms with Crippen LogP contribution >= 0.6 is 0 Å². The number of carbonyl (C=O) groups excluding carboxylic acids is 1. The zero-order chi connectivity index (χ0) is 22.8. The number of esters is 1. The maximum Gasteiger partial charge on any atom is 0.412 e. The minimum absolute atomic E-state index is 0.418. The summed E-state index contributed by atoms with van der Waals surface area (Å²) in [5.41, 5.74) is -1.01. The zero-order valence-electron chi connectivity index (χ0n) is 17.3. The van der Waals surface area contributed by atoms with Crippen LogP contribution in [0.25, 0.3) is 0 Å². The summed E-state index contributed by atoms with van der Waals surface area (Å²) in [6, 6.07) is 17.6. The third-order valence-electron chi connectivity index (χ3n) is 5.53. The molecule has 1 aliphatic rings. The topological polar surface area (TPSA) is 59.3 Å². The molecule has 0 saturated heterocycles. The van der Waals surface area contributed by atoms with Gasteiger partial charge in [0.15, 0.2) is 0 Å². The normalized spacial score (nSPS) is 21.0. The fourth-order valence-electron chi connectivity index (χ4n) is 3.53. The van der Waals surface area contributed by atoms with Gasteiger partial charge in [-0.15, -0.1) is 0 Å². The lowest BCUT2D eigenvalue weighted by Crippen LogP contribution is -2.14. The molecule has 0 bridgehead atoms. The number of hydrogen-bond acceptors (Lipinski definition) is 4. The summed E-state index contributed by atoms with van der Waals surface area (Å²) in [6.07, 6.45) is -4.57. The number of para-hydroxylation sites is 1. The van der Waals surface area contributed by atoms with Crippen LogP contribution in [-0.2, 0) is 9.53 Å². The van der Waals surface area contributed by atoms with Gasteiger partial charge >= 0.3 is 12.1 Å². The van der Waals surface area contributed by atoms with E-state index in [1.54, 1.807) is 50.2 Å². The molecule has 3 rings (SSSR count). The lowest BCUT2D eigenvalue weighted by Gasteiger charge is -2.13. The van der Waals surface area contributed by atoms with Crippen LogP contribution in [0.3, 0.4) is 0 Å². The van der Waals surface area contributed by atoms with Crippen LogP contribution in [-0.4, -0.2) is 12.1 Å². The minimum atomic E-state index is -4.44. The Labute approximate surface area is 178 Å². The molecule has 1 saturated carbocycles. The Kier molecular flexibility index (Phi) is 6.12. The van der Waals surface area contributed by atoms with Gasteiger partial charge in [0.2, 0.25) is 6.10 Å². The number of halogens is 3. The van der Waals surface area contributed by atoms with Crippen molar-refractivity contribution in [2.24, 2.45) is 17.3 Å². The van der Waals surface area contributed by atoms with E-state index in [0.29, 0.717) is 17.1 Å². The molecule has 7 heteroatoms. The Hall–Kier alpha value is -3.27. The lowest BCUT2D eigenvalue weighted by molar-refractivity contribution is -0.149. The lowest BCUT2D eigenvalue weighted by atomic mass is 10.1.